The molecule has 6 nitrogen and oxygen atoms in total. The van der Waals surface area contributed by atoms with Gasteiger partial charge in [-0.05, 0) is 103 Å². The molecule has 6 heteroatoms. The van der Waals surface area contributed by atoms with Crippen LogP contribution in [0.2, 0.25) is 0 Å². The summed E-state index contributed by atoms with van der Waals surface area (Å²) in [5, 5.41) is 0. The van der Waals surface area contributed by atoms with Crippen molar-refractivity contribution in [2.45, 2.75) is 309 Å². The fourth-order valence-electron chi connectivity index (χ4n) is 9.10. The molecule has 0 heterocycles. The van der Waals surface area contributed by atoms with E-state index in [0.717, 1.165) is 109 Å². The van der Waals surface area contributed by atoms with Crippen LogP contribution in [0.15, 0.2) is 122 Å². The molecule has 0 aromatic carbocycles. The van der Waals surface area contributed by atoms with Gasteiger partial charge in [0.2, 0.25) is 0 Å². The van der Waals surface area contributed by atoms with Gasteiger partial charge >= 0.3 is 17.9 Å². The van der Waals surface area contributed by atoms with Crippen molar-refractivity contribution in [3.8, 4) is 0 Å². The molecule has 79 heavy (non-hydrogen) atoms. The van der Waals surface area contributed by atoms with E-state index in [1.807, 2.05) is 0 Å². The third-order valence-electron chi connectivity index (χ3n) is 14.0. The molecule has 0 radical (unpaired) electrons. The van der Waals surface area contributed by atoms with E-state index in [9.17, 15) is 14.4 Å². The lowest BCUT2D eigenvalue weighted by Crippen LogP contribution is -2.30. The van der Waals surface area contributed by atoms with Crippen LogP contribution in [0.3, 0.4) is 0 Å². The van der Waals surface area contributed by atoms with Gasteiger partial charge in [-0.25, -0.2) is 0 Å². The first-order chi connectivity index (χ1) is 39.0. The summed E-state index contributed by atoms with van der Waals surface area (Å²) >= 11 is 0. The lowest BCUT2D eigenvalue weighted by molar-refractivity contribution is -0.167. The topological polar surface area (TPSA) is 78.9 Å². The highest BCUT2D eigenvalue weighted by Gasteiger charge is 2.19. The van der Waals surface area contributed by atoms with Gasteiger partial charge in [0.15, 0.2) is 6.10 Å². The molecule has 0 amide bonds. The smallest absolute Gasteiger partial charge is 0.306 e. The summed E-state index contributed by atoms with van der Waals surface area (Å²) in [4.78, 5) is 38.2. The molecule has 0 spiro atoms. The lowest BCUT2D eigenvalue weighted by Gasteiger charge is -2.18. The molecule has 0 aromatic rings. The minimum Gasteiger partial charge on any atom is -0.462 e. The van der Waals surface area contributed by atoms with E-state index in [2.05, 4.69) is 142 Å². The molecule has 0 saturated heterocycles. The molecule has 0 N–H and O–H groups in total. The van der Waals surface area contributed by atoms with E-state index in [0.29, 0.717) is 19.3 Å². The molecule has 0 fully saturated rings. The number of ether oxygens (including phenoxy) is 3. The third-order valence-corrected chi connectivity index (χ3v) is 14.0. The second-order valence-corrected chi connectivity index (χ2v) is 21.6. The molecule has 0 rings (SSSR count). The van der Waals surface area contributed by atoms with Crippen LogP contribution in [0.1, 0.15) is 303 Å². The van der Waals surface area contributed by atoms with Gasteiger partial charge < -0.3 is 14.2 Å². The Morgan fingerprint density at radius 3 is 0.810 bits per heavy atom. The van der Waals surface area contributed by atoms with Gasteiger partial charge in [0, 0.05) is 19.3 Å². The Hall–Kier alpha value is -4.19. The van der Waals surface area contributed by atoms with Crippen LogP contribution >= 0.6 is 0 Å². The summed E-state index contributed by atoms with van der Waals surface area (Å²) in [5.41, 5.74) is 0. The summed E-state index contributed by atoms with van der Waals surface area (Å²) < 4.78 is 16.8. The summed E-state index contributed by atoms with van der Waals surface area (Å²) in [6, 6.07) is 0. The van der Waals surface area contributed by atoms with Gasteiger partial charge in [0.05, 0.1) is 0 Å². The number of rotatable bonds is 59. The second-order valence-electron chi connectivity index (χ2n) is 21.6. The highest BCUT2D eigenvalue weighted by atomic mass is 16.6. The average molecular weight is 1100 g/mol. The number of esters is 3. The van der Waals surface area contributed by atoms with Crippen molar-refractivity contribution >= 4 is 17.9 Å². The first kappa shape index (κ1) is 74.8. The number of unbranched alkanes of at least 4 members (excludes halogenated alkanes) is 28. The maximum Gasteiger partial charge on any atom is 0.306 e. The van der Waals surface area contributed by atoms with Crippen LogP contribution in [0.25, 0.3) is 0 Å². The van der Waals surface area contributed by atoms with Crippen molar-refractivity contribution in [2.24, 2.45) is 0 Å². The average Bonchev–Trinajstić information content (AvgIpc) is 3.45. The number of allylic oxidation sites excluding steroid dienone is 20. The quantitative estimate of drug-likeness (QED) is 0.0261. The molecule has 1 unspecified atom stereocenters. The predicted molar refractivity (Wildman–Crippen MR) is 343 cm³/mol. The van der Waals surface area contributed by atoms with E-state index < -0.39 is 6.10 Å². The normalized spacial score (nSPS) is 12.9. The maximum atomic E-state index is 12.9. The van der Waals surface area contributed by atoms with Crippen molar-refractivity contribution in [3.63, 3.8) is 0 Å². The molecule has 0 aliphatic carbocycles. The Kier molecular flexibility index (Phi) is 62.8. The minimum atomic E-state index is -0.807. The second kappa shape index (κ2) is 66.3. The van der Waals surface area contributed by atoms with E-state index in [1.54, 1.807) is 0 Å². The molecule has 0 bridgehead atoms. The van der Waals surface area contributed by atoms with Gasteiger partial charge in [0.1, 0.15) is 13.2 Å². The van der Waals surface area contributed by atoms with Crippen LogP contribution in [-0.2, 0) is 28.6 Å². The van der Waals surface area contributed by atoms with E-state index >= 15 is 0 Å². The molecule has 1 atom stereocenters. The summed E-state index contributed by atoms with van der Waals surface area (Å²) in [6.45, 7) is 6.38. The van der Waals surface area contributed by atoms with E-state index in [4.69, 9.17) is 14.2 Å². The van der Waals surface area contributed by atoms with Crippen LogP contribution in [0.4, 0.5) is 0 Å². The Morgan fingerprint density at radius 1 is 0.266 bits per heavy atom. The SMILES string of the molecule is CC/C=C\C/C=C\C/C=C\C/C=C\C/C=C\CCCCCCCCCCCCCCCCCCCC(=O)OCC(COC(=O)CCCCCCCCCCCCC)OC(=O)CCC/C=C\C/C=C\C/C=C\C/C=C\C/C=C\CC. The number of carbonyl (C=O) groups excluding carboxylic acids is 3. The van der Waals surface area contributed by atoms with Gasteiger partial charge in [0.25, 0.3) is 0 Å². The molecular formula is C73H122O6. The van der Waals surface area contributed by atoms with E-state index in [1.165, 1.54) is 148 Å². The number of hydrogen-bond donors (Lipinski definition) is 0. The van der Waals surface area contributed by atoms with E-state index in [-0.39, 0.29) is 37.5 Å². The number of hydrogen-bond acceptors (Lipinski definition) is 6. The molecule has 0 aromatic heterocycles. The van der Waals surface area contributed by atoms with Crippen LogP contribution in [0, 0.1) is 0 Å². The van der Waals surface area contributed by atoms with Gasteiger partial charge in [-0.3, -0.25) is 14.4 Å². The zero-order valence-corrected chi connectivity index (χ0v) is 51.6. The molecule has 0 saturated carbocycles. The summed E-state index contributed by atoms with van der Waals surface area (Å²) in [7, 11) is 0. The van der Waals surface area contributed by atoms with Crippen LogP contribution in [0.5, 0.6) is 0 Å². The van der Waals surface area contributed by atoms with Crippen LogP contribution in [-0.4, -0.2) is 37.2 Å². The Bertz CT molecular complexity index is 1640. The largest absolute Gasteiger partial charge is 0.462 e. The Morgan fingerprint density at radius 2 is 0.506 bits per heavy atom. The first-order valence-electron chi connectivity index (χ1n) is 33.0. The molecule has 0 aliphatic heterocycles. The maximum absolute atomic E-state index is 12.9. The highest BCUT2D eigenvalue weighted by Crippen LogP contribution is 2.17. The van der Waals surface area contributed by atoms with Gasteiger partial charge in [-0.1, -0.05) is 303 Å². The number of carbonyl (C=O) groups is 3. The van der Waals surface area contributed by atoms with Crippen molar-refractivity contribution in [3.05, 3.63) is 122 Å². The highest BCUT2D eigenvalue weighted by molar-refractivity contribution is 5.71. The molecule has 0 aliphatic rings. The van der Waals surface area contributed by atoms with Crippen molar-refractivity contribution in [1.29, 1.82) is 0 Å². The standard InChI is InChI=1S/C73H122O6/c1-4-7-10-13-16-19-22-24-26-28-29-30-31-32-33-34-35-36-37-38-39-40-41-42-43-45-46-48-51-54-57-60-63-66-72(75)78-69-70(68-77-71(74)65-62-59-56-53-50-21-18-15-12-9-6-3)79-73(76)67-64-61-58-55-52-49-47-44-27-25-23-20-17-14-11-8-5-2/h7-8,10-11,16-17,19-20,24-27,29-30,32-33,47,49,55,58,70H,4-6,9,12-15,18,21-23,28,31,34-46,48,50-54,56-57,59-69H2,1-3H3/b10-7-,11-8-,19-16-,20-17-,26-24-,27-25-,30-29-,33-32-,49-47-,58-55-. The zero-order valence-electron chi connectivity index (χ0n) is 51.6. The first-order valence-corrected chi connectivity index (χ1v) is 33.0. The summed E-state index contributed by atoms with van der Waals surface area (Å²) in [6.07, 6.45) is 92.3. The van der Waals surface area contributed by atoms with Crippen molar-refractivity contribution in [2.75, 3.05) is 13.2 Å². The predicted octanol–water partition coefficient (Wildman–Crippen LogP) is 22.8. The molecular weight excluding hydrogens is 973 g/mol. The van der Waals surface area contributed by atoms with Gasteiger partial charge in [-0.15, -0.1) is 0 Å². The Balaban J connectivity index is 4.19. The Labute approximate surface area is 488 Å². The van der Waals surface area contributed by atoms with Crippen LogP contribution < -0.4 is 0 Å². The fourth-order valence-corrected chi connectivity index (χ4v) is 9.10. The summed E-state index contributed by atoms with van der Waals surface area (Å²) in [5.74, 6) is -0.950. The third kappa shape index (κ3) is 64.5. The minimum absolute atomic E-state index is 0.0982. The fraction of sp³-hybridized carbons (Fsp3) is 0.685. The molecule has 450 valence electrons. The van der Waals surface area contributed by atoms with Crippen molar-refractivity contribution in [1.82, 2.24) is 0 Å². The zero-order chi connectivity index (χ0) is 57.1. The van der Waals surface area contributed by atoms with Crippen molar-refractivity contribution < 1.29 is 28.6 Å². The monoisotopic (exact) mass is 1090 g/mol. The van der Waals surface area contributed by atoms with Gasteiger partial charge in [-0.2, -0.15) is 0 Å². The lowest BCUT2D eigenvalue weighted by atomic mass is 10.0.